The number of para-hydroxylation sites is 3. The number of nitrogens with zero attached hydrogens (tertiary/aromatic N) is 5. The molecule has 0 aliphatic carbocycles. The molecule has 37 heavy (non-hydrogen) atoms. The minimum absolute atomic E-state index is 0.0379. The SMILES string of the molecule is Cc1nn(-c2ccccc2)c(C)c1/C=N\NC(=O)CSc1nc2ccccc2c(=O)n1-c1ccccc1. The van der Waals surface area contributed by atoms with Gasteiger partial charge < -0.3 is 0 Å². The van der Waals surface area contributed by atoms with Crippen LogP contribution in [0.3, 0.4) is 0 Å². The summed E-state index contributed by atoms with van der Waals surface area (Å²) < 4.78 is 3.39. The lowest BCUT2D eigenvalue weighted by atomic mass is 10.2. The molecule has 2 aromatic heterocycles. The fraction of sp³-hybridized carbons (Fsp3) is 0.107. The zero-order chi connectivity index (χ0) is 25.8. The van der Waals surface area contributed by atoms with Gasteiger partial charge in [-0.2, -0.15) is 10.2 Å². The van der Waals surface area contributed by atoms with E-state index in [0.717, 1.165) is 22.6 Å². The zero-order valence-corrected chi connectivity index (χ0v) is 21.1. The Balaban J connectivity index is 1.33. The van der Waals surface area contributed by atoms with Gasteiger partial charge in [0.25, 0.3) is 11.5 Å². The Morgan fingerprint density at radius 1 is 0.946 bits per heavy atom. The monoisotopic (exact) mass is 508 g/mol. The molecule has 9 heteroatoms. The number of aromatic nitrogens is 4. The Morgan fingerprint density at radius 2 is 1.59 bits per heavy atom. The zero-order valence-electron chi connectivity index (χ0n) is 20.3. The maximum atomic E-state index is 13.3. The average Bonchev–Trinajstić information content (AvgIpc) is 3.21. The first-order chi connectivity index (χ1) is 18.0. The van der Waals surface area contributed by atoms with Crippen molar-refractivity contribution in [3.8, 4) is 11.4 Å². The average molecular weight is 509 g/mol. The van der Waals surface area contributed by atoms with Gasteiger partial charge >= 0.3 is 0 Å². The van der Waals surface area contributed by atoms with Crippen molar-refractivity contribution >= 4 is 34.8 Å². The van der Waals surface area contributed by atoms with E-state index in [-0.39, 0.29) is 17.2 Å². The third-order valence-electron chi connectivity index (χ3n) is 5.82. The maximum Gasteiger partial charge on any atom is 0.266 e. The Morgan fingerprint density at radius 3 is 2.32 bits per heavy atom. The molecule has 5 aromatic rings. The van der Waals surface area contributed by atoms with Gasteiger partial charge in [-0.1, -0.05) is 60.3 Å². The number of rotatable bonds is 7. The van der Waals surface area contributed by atoms with E-state index in [1.807, 2.05) is 91.3 Å². The predicted octanol–water partition coefficient (Wildman–Crippen LogP) is 4.43. The maximum absolute atomic E-state index is 13.3. The molecule has 0 aliphatic heterocycles. The second-order valence-electron chi connectivity index (χ2n) is 8.30. The van der Waals surface area contributed by atoms with Crippen molar-refractivity contribution in [3.63, 3.8) is 0 Å². The van der Waals surface area contributed by atoms with Crippen LogP contribution in [0.1, 0.15) is 17.0 Å². The molecule has 8 nitrogen and oxygen atoms in total. The van der Waals surface area contributed by atoms with Crippen LogP contribution in [-0.4, -0.2) is 37.2 Å². The summed E-state index contributed by atoms with van der Waals surface area (Å²) in [7, 11) is 0. The number of nitrogens with one attached hydrogen (secondary N) is 1. The lowest BCUT2D eigenvalue weighted by Crippen LogP contribution is -2.24. The highest BCUT2D eigenvalue weighted by atomic mass is 32.2. The van der Waals surface area contributed by atoms with Crippen LogP contribution in [0, 0.1) is 13.8 Å². The molecule has 184 valence electrons. The smallest absolute Gasteiger partial charge is 0.266 e. The van der Waals surface area contributed by atoms with Crippen molar-refractivity contribution in [1.29, 1.82) is 0 Å². The molecule has 0 spiro atoms. The molecular weight excluding hydrogens is 484 g/mol. The van der Waals surface area contributed by atoms with Crippen LogP contribution < -0.4 is 11.0 Å². The number of aryl methyl sites for hydroxylation is 1. The van der Waals surface area contributed by atoms with Crippen LogP contribution in [0.25, 0.3) is 22.3 Å². The number of amides is 1. The fourth-order valence-electron chi connectivity index (χ4n) is 4.01. The Bertz CT molecular complexity index is 1660. The fourth-order valence-corrected chi connectivity index (χ4v) is 4.81. The molecule has 1 amide bonds. The van der Waals surface area contributed by atoms with E-state index >= 15 is 0 Å². The van der Waals surface area contributed by atoms with Gasteiger partial charge in [0.2, 0.25) is 0 Å². The summed E-state index contributed by atoms with van der Waals surface area (Å²) in [5.74, 6) is -0.273. The van der Waals surface area contributed by atoms with E-state index in [2.05, 4.69) is 20.6 Å². The first kappa shape index (κ1) is 24.2. The largest absolute Gasteiger partial charge is 0.272 e. The second-order valence-corrected chi connectivity index (χ2v) is 9.24. The Hall–Kier alpha value is -4.50. The molecule has 0 aliphatic rings. The molecule has 0 fully saturated rings. The molecule has 0 atom stereocenters. The van der Waals surface area contributed by atoms with Gasteiger partial charge in [0, 0.05) is 5.56 Å². The normalized spacial score (nSPS) is 11.3. The summed E-state index contributed by atoms with van der Waals surface area (Å²) in [6, 6.07) is 26.3. The van der Waals surface area contributed by atoms with Crippen molar-refractivity contribution in [2.45, 2.75) is 19.0 Å². The number of carbonyl (C=O) groups excluding carboxylic acids is 1. The summed E-state index contributed by atoms with van der Waals surface area (Å²) in [6.07, 6.45) is 1.61. The van der Waals surface area contributed by atoms with E-state index in [0.29, 0.717) is 21.7 Å². The third-order valence-corrected chi connectivity index (χ3v) is 6.76. The highest BCUT2D eigenvalue weighted by molar-refractivity contribution is 7.99. The van der Waals surface area contributed by atoms with E-state index < -0.39 is 0 Å². The van der Waals surface area contributed by atoms with Crippen molar-refractivity contribution < 1.29 is 4.79 Å². The second kappa shape index (κ2) is 10.6. The standard InChI is InChI=1S/C28H24N6O2S/c1-19-24(20(2)34(32-19)22-13-7-4-8-14-22)17-29-31-26(35)18-37-28-30-25-16-10-9-15-23(25)27(36)33(28)21-11-5-3-6-12-21/h3-17H,18H2,1-2H3,(H,31,35)/b29-17-. The van der Waals surface area contributed by atoms with E-state index in [9.17, 15) is 9.59 Å². The highest BCUT2D eigenvalue weighted by Crippen LogP contribution is 2.21. The van der Waals surface area contributed by atoms with Gasteiger partial charge in [-0.15, -0.1) is 0 Å². The van der Waals surface area contributed by atoms with Crippen LogP contribution in [0.5, 0.6) is 0 Å². The quantitative estimate of drug-likeness (QED) is 0.152. The van der Waals surface area contributed by atoms with Crippen LogP contribution >= 0.6 is 11.8 Å². The van der Waals surface area contributed by atoms with Crippen molar-refractivity contribution in [3.05, 3.63) is 112 Å². The minimum Gasteiger partial charge on any atom is -0.272 e. The summed E-state index contributed by atoms with van der Waals surface area (Å²) in [4.78, 5) is 30.6. The number of carbonyl (C=O) groups is 1. The molecule has 0 saturated carbocycles. The number of hydrogen-bond donors (Lipinski definition) is 1. The van der Waals surface area contributed by atoms with Gasteiger partial charge in [0.15, 0.2) is 5.16 Å². The number of hydrogen-bond acceptors (Lipinski definition) is 6. The van der Waals surface area contributed by atoms with Gasteiger partial charge in [0.05, 0.1) is 45.6 Å². The molecule has 0 unspecified atom stereocenters. The first-order valence-electron chi connectivity index (χ1n) is 11.7. The van der Waals surface area contributed by atoms with Crippen molar-refractivity contribution in [1.82, 2.24) is 24.8 Å². The van der Waals surface area contributed by atoms with Gasteiger partial charge in [-0.25, -0.2) is 15.1 Å². The minimum atomic E-state index is -0.311. The first-order valence-corrected chi connectivity index (χ1v) is 12.6. The van der Waals surface area contributed by atoms with Gasteiger partial charge in [0.1, 0.15) is 0 Å². The van der Waals surface area contributed by atoms with Crippen LogP contribution in [-0.2, 0) is 4.79 Å². The summed E-state index contributed by atoms with van der Waals surface area (Å²) >= 11 is 1.18. The van der Waals surface area contributed by atoms with Gasteiger partial charge in [-0.05, 0) is 50.2 Å². The number of fused-ring (bicyclic) bond motifs is 1. The van der Waals surface area contributed by atoms with E-state index in [1.54, 1.807) is 18.3 Å². The van der Waals surface area contributed by atoms with Crippen molar-refractivity contribution in [2.75, 3.05) is 5.75 Å². The third kappa shape index (κ3) is 5.07. The molecule has 0 saturated heterocycles. The van der Waals surface area contributed by atoms with Gasteiger partial charge in [-0.3, -0.25) is 14.2 Å². The molecule has 0 bridgehead atoms. The summed E-state index contributed by atoms with van der Waals surface area (Å²) in [6.45, 7) is 3.86. The number of benzene rings is 3. The summed E-state index contributed by atoms with van der Waals surface area (Å²) in [5.41, 5.74) is 7.18. The molecule has 1 N–H and O–H groups in total. The van der Waals surface area contributed by atoms with Crippen LogP contribution in [0.2, 0.25) is 0 Å². The molecular formula is C28H24N6O2S. The molecule has 2 heterocycles. The molecule has 5 rings (SSSR count). The number of hydrazone groups is 1. The van der Waals surface area contributed by atoms with Crippen LogP contribution in [0.15, 0.2) is 100.0 Å². The lowest BCUT2D eigenvalue weighted by molar-refractivity contribution is -0.118. The summed E-state index contributed by atoms with van der Waals surface area (Å²) in [5, 5.41) is 9.70. The topological polar surface area (TPSA) is 94.2 Å². The Kier molecular flexibility index (Phi) is 6.96. The van der Waals surface area contributed by atoms with Crippen molar-refractivity contribution in [2.24, 2.45) is 5.10 Å². The van der Waals surface area contributed by atoms with Crippen LogP contribution in [0.4, 0.5) is 0 Å². The predicted molar refractivity (Wildman–Crippen MR) is 147 cm³/mol. The molecule has 0 radical (unpaired) electrons. The van der Waals surface area contributed by atoms with E-state index in [4.69, 9.17) is 0 Å². The Labute approximate surface area is 217 Å². The number of thioether (sulfide) groups is 1. The van der Waals surface area contributed by atoms with E-state index in [1.165, 1.54) is 16.3 Å². The molecule has 3 aromatic carbocycles. The lowest BCUT2D eigenvalue weighted by Gasteiger charge is -2.12. The highest BCUT2D eigenvalue weighted by Gasteiger charge is 2.15.